The second-order valence-electron chi connectivity index (χ2n) is 6.75. The van der Waals surface area contributed by atoms with Crippen LogP contribution in [0.3, 0.4) is 0 Å². The highest BCUT2D eigenvalue weighted by Crippen LogP contribution is 2.38. The van der Waals surface area contributed by atoms with Crippen LogP contribution in [-0.2, 0) is 14.9 Å². The van der Waals surface area contributed by atoms with Gasteiger partial charge in [-0.15, -0.1) is 11.3 Å². The summed E-state index contributed by atoms with van der Waals surface area (Å²) in [6.07, 6.45) is -0.449. The number of hydrogen-bond acceptors (Lipinski definition) is 5. The van der Waals surface area contributed by atoms with Gasteiger partial charge in [0.15, 0.2) is 6.10 Å². The van der Waals surface area contributed by atoms with Crippen LogP contribution in [0.5, 0.6) is 0 Å². The number of halogens is 2. The van der Waals surface area contributed by atoms with Gasteiger partial charge in [-0.25, -0.2) is 12.8 Å². The van der Waals surface area contributed by atoms with Gasteiger partial charge in [-0.3, -0.25) is 0 Å². The third-order valence-electron chi connectivity index (χ3n) is 5.09. The van der Waals surface area contributed by atoms with Gasteiger partial charge in [0, 0.05) is 11.2 Å². The van der Waals surface area contributed by atoms with Crippen molar-refractivity contribution in [1.29, 1.82) is 0 Å². The molecule has 2 aliphatic heterocycles. The Balaban J connectivity index is 1.46. The molecule has 5 rings (SSSR count). The van der Waals surface area contributed by atoms with E-state index in [2.05, 4.69) is 5.16 Å². The summed E-state index contributed by atoms with van der Waals surface area (Å²) in [6.45, 7) is 0.338. The van der Waals surface area contributed by atoms with E-state index in [1.54, 1.807) is 12.1 Å². The lowest BCUT2D eigenvalue weighted by atomic mass is 9.94. The van der Waals surface area contributed by atoms with E-state index in [1.807, 2.05) is 24.3 Å². The molecule has 0 aliphatic carbocycles. The van der Waals surface area contributed by atoms with E-state index in [-0.39, 0.29) is 33.8 Å². The number of fused-ring (bicyclic) bond motifs is 2. The fourth-order valence-electron chi connectivity index (χ4n) is 3.68. The fourth-order valence-corrected chi connectivity index (χ4v) is 6.97. The molecule has 1 saturated heterocycles. The van der Waals surface area contributed by atoms with E-state index in [1.165, 1.54) is 27.8 Å². The fraction of sp³-hybridized carbons (Fsp3) is 0.211. The third kappa shape index (κ3) is 2.75. The van der Waals surface area contributed by atoms with Gasteiger partial charge in [0.25, 0.3) is 10.0 Å². The molecule has 0 radical (unpaired) electrons. The summed E-state index contributed by atoms with van der Waals surface area (Å²) in [5.74, 6) is -0.861. The summed E-state index contributed by atoms with van der Waals surface area (Å²) >= 11 is 7.40. The highest BCUT2D eigenvalue weighted by molar-refractivity contribution is 7.91. The van der Waals surface area contributed by atoms with Crippen molar-refractivity contribution in [2.75, 3.05) is 13.1 Å². The highest BCUT2D eigenvalue weighted by atomic mass is 35.5. The van der Waals surface area contributed by atoms with Crippen LogP contribution in [0.2, 0.25) is 5.02 Å². The number of nitrogens with zero attached hydrogens (tertiary/aromatic N) is 2. The van der Waals surface area contributed by atoms with Gasteiger partial charge in [0.2, 0.25) is 0 Å². The highest BCUT2D eigenvalue weighted by Gasteiger charge is 2.48. The molecule has 0 spiro atoms. The Morgan fingerprint density at radius 1 is 1.18 bits per heavy atom. The molecule has 2 atom stereocenters. The molecule has 9 heteroatoms. The summed E-state index contributed by atoms with van der Waals surface area (Å²) in [7, 11) is -3.68. The van der Waals surface area contributed by atoms with Gasteiger partial charge in [0.1, 0.15) is 10.0 Å². The van der Waals surface area contributed by atoms with Crippen molar-refractivity contribution in [3.05, 3.63) is 64.9 Å². The van der Waals surface area contributed by atoms with Gasteiger partial charge in [-0.05, 0) is 29.7 Å². The van der Waals surface area contributed by atoms with Crippen LogP contribution >= 0.6 is 22.9 Å². The predicted octanol–water partition coefficient (Wildman–Crippen LogP) is 4.12. The van der Waals surface area contributed by atoms with Gasteiger partial charge in [0.05, 0.1) is 28.8 Å². The molecule has 3 aromatic rings. The van der Waals surface area contributed by atoms with Crippen molar-refractivity contribution in [3.63, 3.8) is 0 Å². The summed E-state index contributed by atoms with van der Waals surface area (Å²) in [4.78, 5) is 5.43. The molecule has 2 aromatic carbocycles. The van der Waals surface area contributed by atoms with E-state index in [0.717, 1.165) is 10.1 Å². The smallest absolute Gasteiger partial charge is 0.252 e. The van der Waals surface area contributed by atoms with Crippen molar-refractivity contribution < 1.29 is 17.6 Å². The van der Waals surface area contributed by atoms with E-state index >= 15 is 0 Å². The quantitative estimate of drug-likeness (QED) is 0.620. The van der Waals surface area contributed by atoms with Crippen LogP contribution in [0.25, 0.3) is 10.1 Å². The first-order valence-corrected chi connectivity index (χ1v) is 11.3. The molecule has 3 heterocycles. The van der Waals surface area contributed by atoms with E-state index in [4.69, 9.17) is 16.4 Å². The van der Waals surface area contributed by atoms with Crippen LogP contribution in [0.4, 0.5) is 4.39 Å². The van der Waals surface area contributed by atoms with Gasteiger partial charge >= 0.3 is 0 Å². The van der Waals surface area contributed by atoms with E-state index in [0.29, 0.717) is 5.71 Å². The van der Waals surface area contributed by atoms with Crippen molar-refractivity contribution in [1.82, 2.24) is 4.31 Å². The lowest BCUT2D eigenvalue weighted by molar-refractivity contribution is 0.0804. The SMILES string of the molecule is O=S(=O)(c1cc2ccccc2s1)N1CC2ON=C(c3c(F)cccc3Cl)C2C1. The summed E-state index contributed by atoms with van der Waals surface area (Å²) in [6, 6.07) is 13.6. The Morgan fingerprint density at radius 2 is 2.00 bits per heavy atom. The van der Waals surface area contributed by atoms with E-state index in [9.17, 15) is 12.8 Å². The first kappa shape index (κ1) is 18.1. The second-order valence-corrected chi connectivity index (χ2v) is 10.4. The minimum absolute atomic E-state index is 0.167. The molecule has 2 unspecified atom stereocenters. The van der Waals surface area contributed by atoms with E-state index < -0.39 is 21.9 Å². The summed E-state index contributed by atoms with van der Waals surface area (Å²) in [5, 5.41) is 5.13. The molecule has 0 amide bonds. The molecule has 5 nitrogen and oxygen atoms in total. The third-order valence-corrected chi connectivity index (χ3v) is 8.80. The minimum Gasteiger partial charge on any atom is -0.390 e. The Kier molecular flexibility index (Phi) is 4.20. The zero-order valence-corrected chi connectivity index (χ0v) is 16.8. The molecule has 1 aromatic heterocycles. The molecule has 28 heavy (non-hydrogen) atoms. The van der Waals surface area contributed by atoms with Crippen LogP contribution < -0.4 is 0 Å². The summed E-state index contributed by atoms with van der Waals surface area (Å²) in [5.41, 5.74) is 0.542. The molecule has 0 saturated carbocycles. The monoisotopic (exact) mass is 436 g/mol. The average Bonchev–Trinajstić information content (AvgIpc) is 3.36. The number of sulfonamides is 1. The Labute approximate surface area is 170 Å². The van der Waals surface area contributed by atoms with Gasteiger partial charge < -0.3 is 4.84 Å². The normalized spacial score (nSPS) is 22.3. The molecule has 1 fully saturated rings. The minimum atomic E-state index is -3.68. The van der Waals surface area contributed by atoms with Crippen molar-refractivity contribution in [2.45, 2.75) is 10.3 Å². The van der Waals surface area contributed by atoms with Gasteiger partial charge in [-0.2, -0.15) is 4.31 Å². The maximum Gasteiger partial charge on any atom is 0.252 e. The second kappa shape index (κ2) is 6.52. The first-order chi connectivity index (χ1) is 13.4. The topological polar surface area (TPSA) is 59.0 Å². The number of hydrogen-bond donors (Lipinski definition) is 0. The molecular formula is C19H14ClFN2O3S2. The van der Waals surface area contributed by atoms with Crippen LogP contribution in [0, 0.1) is 11.7 Å². The summed E-state index contributed by atoms with van der Waals surface area (Å²) < 4.78 is 43.2. The molecular weight excluding hydrogens is 423 g/mol. The molecule has 144 valence electrons. The Morgan fingerprint density at radius 3 is 2.79 bits per heavy atom. The Hall–Kier alpha value is -2.00. The zero-order chi connectivity index (χ0) is 19.5. The van der Waals surface area contributed by atoms with Crippen LogP contribution in [0.1, 0.15) is 5.56 Å². The standard InChI is InChI=1S/C19H14ClFN2O3S2/c20-13-5-3-6-14(21)18(13)19-12-9-23(10-15(12)26-22-19)28(24,25)17-8-11-4-1-2-7-16(11)27-17/h1-8,12,15H,9-10H2. The molecule has 2 aliphatic rings. The molecule has 0 N–H and O–H groups in total. The lowest BCUT2D eigenvalue weighted by Gasteiger charge is -2.15. The number of rotatable bonds is 3. The molecule has 0 bridgehead atoms. The van der Waals surface area contributed by atoms with Crippen LogP contribution in [0.15, 0.2) is 57.9 Å². The lowest BCUT2D eigenvalue weighted by Crippen LogP contribution is -2.30. The van der Waals surface area contributed by atoms with Gasteiger partial charge in [-0.1, -0.05) is 41.0 Å². The average molecular weight is 437 g/mol. The first-order valence-electron chi connectivity index (χ1n) is 8.62. The van der Waals surface area contributed by atoms with Crippen molar-refractivity contribution in [2.24, 2.45) is 11.1 Å². The van der Waals surface area contributed by atoms with Crippen molar-refractivity contribution >= 4 is 48.8 Å². The zero-order valence-electron chi connectivity index (χ0n) is 14.4. The largest absolute Gasteiger partial charge is 0.390 e. The maximum atomic E-state index is 14.3. The number of oxime groups is 1. The number of thiophene rings is 1. The van der Waals surface area contributed by atoms with Crippen LogP contribution in [-0.4, -0.2) is 37.6 Å². The van der Waals surface area contributed by atoms with Crippen molar-refractivity contribution in [3.8, 4) is 0 Å². The predicted molar refractivity (Wildman–Crippen MR) is 107 cm³/mol. The Bertz CT molecular complexity index is 1170. The maximum absolute atomic E-state index is 14.3. The number of benzene rings is 2.